The molecule has 1 unspecified atom stereocenters. The van der Waals surface area contributed by atoms with Gasteiger partial charge in [0.05, 0.1) is 10.9 Å². The minimum absolute atomic E-state index is 0.131. The molecule has 0 amide bonds. The van der Waals surface area contributed by atoms with Crippen molar-refractivity contribution in [3.63, 3.8) is 0 Å². The number of esters is 2. The van der Waals surface area contributed by atoms with Crippen LogP contribution >= 0.6 is 27.5 Å². The topological polar surface area (TPSA) is 117 Å². The second-order valence-electron chi connectivity index (χ2n) is 5.69. The van der Waals surface area contributed by atoms with Crippen LogP contribution in [-0.4, -0.2) is 45.6 Å². The van der Waals surface area contributed by atoms with Crippen LogP contribution in [-0.2, 0) is 23.8 Å². The van der Waals surface area contributed by atoms with Crippen molar-refractivity contribution >= 4 is 39.5 Å². The number of halogens is 2. The van der Waals surface area contributed by atoms with Crippen molar-refractivity contribution < 1.29 is 23.8 Å². The molecule has 11 heteroatoms. The molecule has 26 heavy (non-hydrogen) atoms. The number of ether oxygens (including phenoxy) is 3. The summed E-state index contributed by atoms with van der Waals surface area (Å²) in [5.74, 6) is -1.04. The molecule has 1 aliphatic rings. The first kappa shape index (κ1) is 20.7. The number of alkyl halides is 2. The SMILES string of the molecule is CC(=O)OC[C@H]1O[C@@H](n2cc(C(Cl)CBr)c(=O)[nH]c2=O)C[C@@H]1OC(C)=O. The molecule has 1 N–H and O–H groups in total. The zero-order chi connectivity index (χ0) is 19.4. The number of aromatic amines is 1. The molecule has 2 rings (SSSR count). The summed E-state index contributed by atoms with van der Waals surface area (Å²) in [6, 6.07) is 0. The Bertz CT molecular complexity index is 793. The molecule has 0 saturated carbocycles. The normalized spacial score (nSPS) is 23.5. The van der Waals surface area contributed by atoms with Crippen molar-refractivity contribution in [1.29, 1.82) is 0 Å². The molecule has 1 saturated heterocycles. The summed E-state index contributed by atoms with van der Waals surface area (Å²) >= 11 is 9.27. The minimum atomic E-state index is -0.817. The predicted octanol–water partition coefficient (Wildman–Crippen LogP) is 0.994. The highest BCUT2D eigenvalue weighted by Gasteiger charge is 2.39. The average Bonchev–Trinajstić information content (AvgIpc) is 2.94. The fraction of sp³-hybridized carbons (Fsp3) is 0.600. The maximum Gasteiger partial charge on any atom is 0.330 e. The molecule has 4 atom stereocenters. The minimum Gasteiger partial charge on any atom is -0.463 e. The van der Waals surface area contributed by atoms with Gasteiger partial charge < -0.3 is 14.2 Å². The molecular formula is C15H18BrClN2O7. The van der Waals surface area contributed by atoms with E-state index in [1.54, 1.807) is 0 Å². The number of H-pyrrole nitrogens is 1. The summed E-state index contributed by atoms with van der Waals surface area (Å²) < 4.78 is 17.0. The second kappa shape index (κ2) is 8.83. The van der Waals surface area contributed by atoms with Crippen molar-refractivity contribution in [2.45, 2.75) is 44.1 Å². The van der Waals surface area contributed by atoms with Crippen LogP contribution in [0, 0.1) is 0 Å². The predicted molar refractivity (Wildman–Crippen MR) is 94.4 cm³/mol. The van der Waals surface area contributed by atoms with E-state index in [-0.39, 0.29) is 18.6 Å². The van der Waals surface area contributed by atoms with Crippen molar-refractivity contribution in [1.82, 2.24) is 9.55 Å². The highest BCUT2D eigenvalue weighted by molar-refractivity contribution is 9.09. The van der Waals surface area contributed by atoms with Gasteiger partial charge in [-0.25, -0.2) is 4.79 Å². The van der Waals surface area contributed by atoms with Gasteiger partial charge in [0, 0.05) is 31.8 Å². The maximum atomic E-state index is 12.2. The molecule has 0 radical (unpaired) electrons. The van der Waals surface area contributed by atoms with Gasteiger partial charge >= 0.3 is 17.6 Å². The Morgan fingerprint density at radius 1 is 1.42 bits per heavy atom. The van der Waals surface area contributed by atoms with E-state index in [4.69, 9.17) is 25.8 Å². The van der Waals surface area contributed by atoms with Gasteiger partial charge in [0.15, 0.2) is 0 Å². The molecule has 9 nitrogen and oxygen atoms in total. The van der Waals surface area contributed by atoms with Gasteiger partial charge in [0.2, 0.25) is 0 Å². The van der Waals surface area contributed by atoms with E-state index in [0.29, 0.717) is 5.33 Å². The monoisotopic (exact) mass is 452 g/mol. The fourth-order valence-corrected chi connectivity index (χ4v) is 3.08. The Hall–Kier alpha value is -1.65. The van der Waals surface area contributed by atoms with Gasteiger partial charge in [0.25, 0.3) is 5.56 Å². The highest BCUT2D eigenvalue weighted by atomic mass is 79.9. The molecule has 0 bridgehead atoms. The molecule has 2 heterocycles. The molecule has 1 aromatic heterocycles. The summed E-state index contributed by atoms with van der Waals surface area (Å²) in [7, 11) is 0. The third-order valence-electron chi connectivity index (χ3n) is 3.73. The Labute approximate surface area is 161 Å². The molecule has 1 aromatic rings. The molecule has 1 aliphatic heterocycles. The lowest BCUT2D eigenvalue weighted by Gasteiger charge is -2.18. The third kappa shape index (κ3) is 4.95. The number of carbonyl (C=O) groups excluding carboxylic acids is 2. The van der Waals surface area contributed by atoms with Crippen LogP contribution in [0.2, 0.25) is 0 Å². The Kier molecular flexibility index (Phi) is 7.01. The standard InChI is InChI=1S/C15H18BrClN2O7/c1-7(20)24-6-12-11(25-8(2)21)3-13(26-12)19-5-9(10(17)4-16)14(22)18-15(19)23/h5,10-13H,3-4,6H2,1-2H3,(H,18,22,23)/t10?,11-,12+,13+/m0/s1. The lowest BCUT2D eigenvalue weighted by atomic mass is 10.2. The summed E-state index contributed by atoms with van der Waals surface area (Å²) in [4.78, 5) is 48.6. The molecule has 0 spiro atoms. The number of aromatic nitrogens is 2. The Morgan fingerprint density at radius 2 is 2.12 bits per heavy atom. The lowest BCUT2D eigenvalue weighted by Crippen LogP contribution is -2.35. The van der Waals surface area contributed by atoms with Gasteiger partial charge in [-0.2, -0.15) is 0 Å². The number of nitrogens with one attached hydrogen (secondary N) is 1. The number of nitrogens with zero attached hydrogens (tertiary/aromatic N) is 1. The summed E-state index contributed by atoms with van der Waals surface area (Å²) in [6.07, 6.45) is -0.788. The molecular weight excluding hydrogens is 436 g/mol. The van der Waals surface area contributed by atoms with Gasteiger partial charge in [0.1, 0.15) is 25.0 Å². The van der Waals surface area contributed by atoms with Gasteiger partial charge in [-0.1, -0.05) is 15.9 Å². The number of hydrogen-bond donors (Lipinski definition) is 1. The second-order valence-corrected chi connectivity index (χ2v) is 6.86. The average molecular weight is 454 g/mol. The number of rotatable bonds is 6. The van der Waals surface area contributed by atoms with E-state index >= 15 is 0 Å². The quantitative estimate of drug-likeness (QED) is 0.504. The fourth-order valence-electron chi connectivity index (χ4n) is 2.58. The molecule has 0 aliphatic carbocycles. The number of carbonyl (C=O) groups is 2. The van der Waals surface area contributed by atoms with Crippen molar-refractivity contribution in [2.24, 2.45) is 0 Å². The van der Waals surface area contributed by atoms with E-state index in [9.17, 15) is 19.2 Å². The van der Waals surface area contributed by atoms with Crippen LogP contribution < -0.4 is 11.2 Å². The van der Waals surface area contributed by atoms with Crippen molar-refractivity contribution in [2.75, 3.05) is 11.9 Å². The summed E-state index contributed by atoms with van der Waals surface area (Å²) in [5.41, 5.74) is -1.08. The zero-order valence-corrected chi connectivity index (χ0v) is 16.4. The third-order valence-corrected chi connectivity index (χ3v) is 5.14. The Balaban J connectivity index is 2.30. The van der Waals surface area contributed by atoms with Gasteiger partial charge in [-0.15, -0.1) is 11.6 Å². The molecule has 0 aromatic carbocycles. The Morgan fingerprint density at radius 3 is 2.69 bits per heavy atom. The van der Waals surface area contributed by atoms with E-state index in [0.717, 1.165) is 0 Å². The molecule has 1 fully saturated rings. The van der Waals surface area contributed by atoms with Gasteiger partial charge in [-0.05, 0) is 0 Å². The van der Waals surface area contributed by atoms with Crippen molar-refractivity contribution in [3.05, 3.63) is 32.6 Å². The van der Waals surface area contributed by atoms with Crippen LogP contribution in [0.25, 0.3) is 0 Å². The first-order valence-electron chi connectivity index (χ1n) is 7.74. The van der Waals surface area contributed by atoms with Gasteiger partial charge in [-0.3, -0.25) is 23.9 Å². The van der Waals surface area contributed by atoms with Crippen LogP contribution in [0.5, 0.6) is 0 Å². The number of hydrogen-bond acceptors (Lipinski definition) is 7. The summed E-state index contributed by atoms with van der Waals surface area (Å²) in [5, 5.41) is -0.333. The largest absolute Gasteiger partial charge is 0.463 e. The maximum absolute atomic E-state index is 12.2. The van der Waals surface area contributed by atoms with Crippen LogP contribution in [0.3, 0.4) is 0 Å². The zero-order valence-electron chi connectivity index (χ0n) is 14.1. The van der Waals surface area contributed by atoms with E-state index in [1.807, 2.05) is 0 Å². The van der Waals surface area contributed by atoms with E-state index in [2.05, 4.69) is 20.9 Å². The molecule has 144 valence electrons. The first-order chi connectivity index (χ1) is 12.2. The first-order valence-corrected chi connectivity index (χ1v) is 9.30. The highest BCUT2D eigenvalue weighted by Crippen LogP contribution is 2.31. The van der Waals surface area contributed by atoms with Crippen LogP contribution in [0.4, 0.5) is 0 Å². The summed E-state index contributed by atoms with van der Waals surface area (Å²) in [6.45, 7) is 2.36. The van der Waals surface area contributed by atoms with Crippen LogP contribution in [0.1, 0.15) is 37.4 Å². The van der Waals surface area contributed by atoms with Crippen molar-refractivity contribution in [3.8, 4) is 0 Å². The lowest BCUT2D eigenvalue weighted by molar-refractivity contribution is -0.155. The smallest absolute Gasteiger partial charge is 0.330 e. The van der Waals surface area contributed by atoms with E-state index < -0.39 is 47.0 Å². The van der Waals surface area contributed by atoms with Crippen LogP contribution in [0.15, 0.2) is 15.8 Å². The van der Waals surface area contributed by atoms with E-state index in [1.165, 1.54) is 24.6 Å².